The monoisotopic (exact) mass is 426 g/mol. The van der Waals surface area contributed by atoms with E-state index in [1.807, 2.05) is 14.1 Å². The van der Waals surface area contributed by atoms with Crippen LogP contribution >= 0.6 is 0 Å². The number of nitrogens with one attached hydrogen (secondary N) is 1. The molecule has 2 unspecified atom stereocenters. The summed E-state index contributed by atoms with van der Waals surface area (Å²) in [4.78, 5) is 14.4. The minimum Gasteiger partial charge on any atom is -0.383 e. The number of aromatic nitrogens is 1. The lowest BCUT2D eigenvalue weighted by Crippen LogP contribution is -2.46. The van der Waals surface area contributed by atoms with Gasteiger partial charge >= 0.3 is 0 Å². The van der Waals surface area contributed by atoms with Crippen LogP contribution in [0.2, 0.25) is 0 Å². The number of sulfonamides is 1. The molecule has 2 aliphatic heterocycles. The molecule has 2 fully saturated rings. The van der Waals surface area contributed by atoms with Gasteiger partial charge in [-0.05, 0) is 32.6 Å². The van der Waals surface area contributed by atoms with E-state index in [1.165, 1.54) is 4.31 Å². The number of aryl methyl sites for hydroxylation is 1. The maximum Gasteiger partial charge on any atom is 0.248 e. The molecule has 1 aromatic rings. The highest BCUT2D eigenvalue weighted by Gasteiger charge is 2.37. The molecule has 1 amide bonds. The van der Waals surface area contributed by atoms with Crippen LogP contribution < -0.4 is 5.32 Å². The van der Waals surface area contributed by atoms with Crippen LogP contribution in [-0.2, 0) is 19.6 Å². The summed E-state index contributed by atoms with van der Waals surface area (Å²) in [6.07, 6.45) is 6.61. The minimum atomic E-state index is -3.82. The Hall–Kier alpha value is -1.91. The van der Waals surface area contributed by atoms with E-state index >= 15 is 0 Å². The first-order valence-corrected chi connectivity index (χ1v) is 11.4. The Labute approximate surface area is 172 Å². The van der Waals surface area contributed by atoms with E-state index in [-0.39, 0.29) is 35.1 Å². The molecule has 0 spiro atoms. The van der Waals surface area contributed by atoms with Gasteiger partial charge in [0.2, 0.25) is 15.9 Å². The number of carbonyl (C=O) groups is 1. The third kappa shape index (κ3) is 5.18. The Bertz CT molecular complexity index is 843. The smallest absolute Gasteiger partial charge is 0.248 e. The number of amides is 1. The highest BCUT2D eigenvalue weighted by atomic mass is 32.2. The number of carbonyl (C=O) groups excluding carboxylic acids is 1. The second-order valence-electron chi connectivity index (χ2n) is 7.82. The van der Waals surface area contributed by atoms with Crippen molar-refractivity contribution in [2.45, 2.75) is 43.6 Å². The molecule has 2 saturated heterocycles. The third-order valence-corrected chi connectivity index (χ3v) is 7.26. The SMILES string of the molecule is Cc1noc(/C=C/N(C)C)c1S(=O)(=O)N1CCCC(C(=O)NCC2CCCO2)C1. The lowest BCUT2D eigenvalue weighted by molar-refractivity contribution is -0.126. The van der Waals surface area contributed by atoms with Crippen molar-refractivity contribution in [2.75, 3.05) is 40.3 Å². The molecule has 1 aromatic heterocycles. The van der Waals surface area contributed by atoms with Crippen LogP contribution in [0.4, 0.5) is 0 Å². The van der Waals surface area contributed by atoms with E-state index in [0.29, 0.717) is 31.6 Å². The lowest BCUT2D eigenvalue weighted by atomic mass is 9.99. The zero-order valence-corrected chi connectivity index (χ0v) is 18.1. The third-order valence-electron chi connectivity index (χ3n) is 5.24. The quantitative estimate of drug-likeness (QED) is 0.699. The molecule has 9 nitrogen and oxygen atoms in total. The van der Waals surface area contributed by atoms with E-state index in [2.05, 4.69) is 10.5 Å². The van der Waals surface area contributed by atoms with Crippen LogP contribution in [0, 0.1) is 12.8 Å². The average molecular weight is 427 g/mol. The topological polar surface area (TPSA) is 105 Å². The second kappa shape index (κ2) is 9.27. The average Bonchev–Trinajstić information content (AvgIpc) is 3.34. The van der Waals surface area contributed by atoms with E-state index in [1.54, 1.807) is 24.1 Å². The summed E-state index contributed by atoms with van der Waals surface area (Å²) in [5.74, 6) is -0.294. The molecule has 10 heteroatoms. The van der Waals surface area contributed by atoms with E-state index < -0.39 is 10.0 Å². The van der Waals surface area contributed by atoms with Gasteiger partial charge < -0.3 is 19.5 Å². The summed E-state index contributed by atoms with van der Waals surface area (Å²) in [7, 11) is -0.159. The molecule has 1 N–H and O–H groups in total. The molecule has 3 heterocycles. The Kier molecular flexibility index (Phi) is 6.97. The molecule has 2 atom stereocenters. The summed E-state index contributed by atoms with van der Waals surface area (Å²) in [5.41, 5.74) is 0.313. The summed E-state index contributed by atoms with van der Waals surface area (Å²) >= 11 is 0. The van der Waals surface area contributed by atoms with E-state index in [9.17, 15) is 13.2 Å². The van der Waals surface area contributed by atoms with E-state index in [0.717, 1.165) is 19.4 Å². The molecule has 0 radical (unpaired) electrons. The summed E-state index contributed by atoms with van der Waals surface area (Å²) in [6.45, 7) is 3.35. The van der Waals surface area contributed by atoms with Crippen molar-refractivity contribution in [3.63, 3.8) is 0 Å². The molecular formula is C19H30N4O5S. The van der Waals surface area contributed by atoms with Crippen molar-refractivity contribution in [1.29, 1.82) is 0 Å². The number of nitrogens with zero attached hydrogens (tertiary/aromatic N) is 3. The fourth-order valence-corrected chi connectivity index (χ4v) is 5.46. The number of piperidine rings is 1. The number of rotatable bonds is 7. The van der Waals surface area contributed by atoms with Crippen molar-refractivity contribution >= 4 is 22.0 Å². The number of hydrogen-bond donors (Lipinski definition) is 1. The fraction of sp³-hybridized carbons (Fsp3) is 0.684. The van der Waals surface area contributed by atoms with E-state index in [4.69, 9.17) is 9.26 Å². The molecule has 3 rings (SSSR count). The van der Waals surface area contributed by atoms with Crippen molar-refractivity contribution < 1.29 is 22.5 Å². The Morgan fingerprint density at radius 3 is 2.83 bits per heavy atom. The van der Waals surface area contributed by atoms with Gasteiger partial charge in [0.15, 0.2) is 10.7 Å². The van der Waals surface area contributed by atoms with Crippen molar-refractivity contribution in [3.05, 3.63) is 17.7 Å². The van der Waals surface area contributed by atoms with Gasteiger partial charge in [0, 0.05) is 52.6 Å². The molecule has 0 aliphatic carbocycles. The highest BCUT2D eigenvalue weighted by molar-refractivity contribution is 7.89. The zero-order valence-electron chi connectivity index (χ0n) is 17.3. The van der Waals surface area contributed by atoms with Gasteiger partial charge in [-0.25, -0.2) is 8.42 Å². The summed E-state index contributed by atoms with van der Waals surface area (Å²) < 4.78 is 38.7. The minimum absolute atomic E-state index is 0.0630. The van der Waals surface area contributed by atoms with Gasteiger partial charge in [-0.1, -0.05) is 5.16 Å². The summed E-state index contributed by atoms with van der Waals surface area (Å²) in [5, 5.41) is 6.76. The fourth-order valence-electron chi connectivity index (χ4n) is 3.68. The predicted molar refractivity (Wildman–Crippen MR) is 107 cm³/mol. The van der Waals surface area contributed by atoms with Gasteiger partial charge in [-0.3, -0.25) is 4.79 Å². The second-order valence-corrected chi connectivity index (χ2v) is 9.70. The van der Waals surface area contributed by atoms with Gasteiger partial charge in [0.1, 0.15) is 5.69 Å². The van der Waals surface area contributed by atoms with Crippen LogP contribution in [0.3, 0.4) is 0 Å². The van der Waals surface area contributed by atoms with Crippen LogP contribution in [-0.4, -0.2) is 75.1 Å². The first-order valence-electron chi connectivity index (χ1n) is 9.99. The van der Waals surface area contributed by atoms with Crippen LogP contribution in [0.25, 0.3) is 6.08 Å². The van der Waals surface area contributed by atoms with Crippen molar-refractivity contribution in [3.8, 4) is 0 Å². The van der Waals surface area contributed by atoms with Gasteiger partial charge in [-0.2, -0.15) is 4.31 Å². The normalized spacial score (nSPS) is 23.6. The Balaban J connectivity index is 1.71. The first kappa shape index (κ1) is 21.8. The summed E-state index contributed by atoms with van der Waals surface area (Å²) in [6, 6.07) is 0. The zero-order chi connectivity index (χ0) is 21.0. The molecule has 162 valence electrons. The molecule has 0 saturated carbocycles. The first-order chi connectivity index (χ1) is 13.8. The van der Waals surface area contributed by atoms with Crippen LogP contribution in [0.15, 0.2) is 15.6 Å². The van der Waals surface area contributed by atoms with Gasteiger partial charge in [0.05, 0.1) is 12.0 Å². The maximum atomic E-state index is 13.3. The molecule has 2 aliphatic rings. The van der Waals surface area contributed by atoms with Crippen molar-refractivity contribution in [1.82, 2.24) is 19.7 Å². The molecular weight excluding hydrogens is 396 g/mol. The number of ether oxygens (including phenoxy) is 1. The van der Waals surface area contributed by atoms with Gasteiger partial charge in [-0.15, -0.1) is 0 Å². The standard InChI is InChI=1S/C19H30N4O5S/c1-14-18(17(28-21-14)8-10-22(2)3)29(25,26)23-9-4-6-15(13-23)19(24)20-12-16-7-5-11-27-16/h8,10,15-16H,4-7,9,11-13H2,1-3H3,(H,20,24)/b10-8+. The Morgan fingerprint density at radius 1 is 1.34 bits per heavy atom. The van der Waals surface area contributed by atoms with Gasteiger partial charge in [0.25, 0.3) is 0 Å². The largest absolute Gasteiger partial charge is 0.383 e. The van der Waals surface area contributed by atoms with Crippen molar-refractivity contribution in [2.24, 2.45) is 5.92 Å². The Morgan fingerprint density at radius 2 is 2.14 bits per heavy atom. The highest BCUT2D eigenvalue weighted by Crippen LogP contribution is 2.29. The molecule has 0 aromatic carbocycles. The van der Waals surface area contributed by atoms with Crippen LogP contribution in [0.1, 0.15) is 37.1 Å². The molecule has 0 bridgehead atoms. The molecule has 29 heavy (non-hydrogen) atoms. The predicted octanol–water partition coefficient (Wildman–Crippen LogP) is 1.21. The maximum absolute atomic E-state index is 13.3. The van der Waals surface area contributed by atoms with Crippen LogP contribution in [0.5, 0.6) is 0 Å². The number of hydrogen-bond acceptors (Lipinski definition) is 7. The lowest BCUT2D eigenvalue weighted by Gasteiger charge is -2.31.